The Morgan fingerprint density at radius 2 is 0.793 bits per heavy atom. The van der Waals surface area contributed by atoms with Gasteiger partial charge in [-0.15, -0.1) is 0 Å². The molecule has 0 aliphatic carbocycles. The van der Waals surface area contributed by atoms with Gasteiger partial charge >= 0.3 is 23.9 Å². The molecule has 1 saturated heterocycles. The van der Waals surface area contributed by atoms with Crippen LogP contribution >= 0.6 is 21.6 Å². The van der Waals surface area contributed by atoms with Crippen molar-refractivity contribution < 1.29 is 68.1 Å². The summed E-state index contributed by atoms with van der Waals surface area (Å²) in [7, 11) is 3.81. The molecule has 0 amide bonds. The van der Waals surface area contributed by atoms with Crippen molar-refractivity contribution in [3.05, 3.63) is 0 Å². The summed E-state index contributed by atoms with van der Waals surface area (Å²) in [4.78, 5) is 69.5. The zero-order valence-corrected chi connectivity index (χ0v) is 57.4. The Bertz CT molecular complexity index is 1570. The number of nitrogens with zero attached hydrogens (tertiary/aromatic N) is 4. The van der Waals surface area contributed by atoms with E-state index in [2.05, 4.69) is 61.1 Å². The smallest absolute Gasteiger partial charge is 0.305 e. The van der Waals surface area contributed by atoms with Gasteiger partial charge in [-0.05, 0) is 128 Å². The molecule has 0 aromatic carbocycles. The topological polar surface area (TPSA) is 225 Å². The Kier molecular flexibility index (Phi) is 55.0. The number of aliphatic hydroxyl groups is 4. The molecule has 1 rings (SSSR count). The molecule has 0 saturated carbocycles. The van der Waals surface area contributed by atoms with Crippen LogP contribution < -0.4 is 0 Å². The predicted molar refractivity (Wildman–Crippen MR) is 354 cm³/mol. The SMILES string of the molecule is CCCCOC(=O)CCCCCCC(O)CN(CCCC(C=O)OCCN1CCN(CCSSCCCCN(CC(O)CCCCC(=O)OCCC(C)C)CC(O)CCCCC(=O)OCCC(C)C)CC1)CC(O)CCCCCCC(=O)OCCCC. The number of unbranched alkanes of at least 4 members (excludes halogenated alkanes) is 11. The number of esters is 4. The normalized spacial score (nSPS) is 15.1. The third-order valence-electron chi connectivity index (χ3n) is 15.8. The minimum atomic E-state index is -0.552. The van der Waals surface area contributed by atoms with Crippen LogP contribution in [0.25, 0.3) is 0 Å². The minimum Gasteiger partial charge on any atom is -0.466 e. The number of hydrogen-bond acceptors (Lipinski definition) is 20. The van der Waals surface area contributed by atoms with Gasteiger partial charge in [-0.3, -0.25) is 38.8 Å². The third kappa shape index (κ3) is 53.1. The first-order valence-electron chi connectivity index (χ1n) is 34.6. The molecule has 0 aromatic heterocycles. The minimum absolute atomic E-state index is 0.137. The highest BCUT2D eigenvalue weighted by Gasteiger charge is 2.21. The van der Waals surface area contributed by atoms with Gasteiger partial charge in [0.05, 0.1) is 57.5 Å². The molecule has 20 heteroatoms. The fraction of sp³-hybridized carbons (Fsp3) is 0.925. The van der Waals surface area contributed by atoms with Crippen LogP contribution in [0.5, 0.6) is 0 Å². The number of hydrogen-bond donors (Lipinski definition) is 4. The molecule has 87 heavy (non-hydrogen) atoms. The van der Waals surface area contributed by atoms with Crippen molar-refractivity contribution in [1.29, 1.82) is 0 Å². The van der Waals surface area contributed by atoms with Crippen LogP contribution in [-0.2, 0) is 47.7 Å². The van der Waals surface area contributed by atoms with Crippen molar-refractivity contribution >= 4 is 51.8 Å². The average molecular weight is 1280 g/mol. The van der Waals surface area contributed by atoms with Crippen molar-refractivity contribution in [2.75, 3.05) is 123 Å². The molecule has 5 atom stereocenters. The van der Waals surface area contributed by atoms with Crippen molar-refractivity contribution in [3.8, 4) is 0 Å². The molecule has 0 aromatic rings. The summed E-state index contributed by atoms with van der Waals surface area (Å²) >= 11 is 0. The second-order valence-corrected chi connectivity index (χ2v) is 27.9. The number of carbonyl (C=O) groups is 5. The highest BCUT2D eigenvalue weighted by atomic mass is 33.1. The third-order valence-corrected chi connectivity index (χ3v) is 18.3. The molecule has 4 N–H and O–H groups in total. The van der Waals surface area contributed by atoms with Crippen molar-refractivity contribution in [3.63, 3.8) is 0 Å². The van der Waals surface area contributed by atoms with Crippen LogP contribution in [0.4, 0.5) is 0 Å². The zero-order chi connectivity index (χ0) is 64.0. The lowest BCUT2D eigenvalue weighted by atomic mass is 10.1. The Morgan fingerprint density at radius 1 is 0.425 bits per heavy atom. The summed E-state index contributed by atoms with van der Waals surface area (Å²) in [5.74, 6) is 2.40. The van der Waals surface area contributed by atoms with Crippen LogP contribution in [0.15, 0.2) is 0 Å². The van der Waals surface area contributed by atoms with E-state index in [4.69, 9.17) is 23.7 Å². The highest BCUT2D eigenvalue weighted by Crippen LogP contribution is 2.23. The number of piperazine rings is 1. The quantitative estimate of drug-likeness (QED) is 0.0146. The Labute approximate surface area is 536 Å². The van der Waals surface area contributed by atoms with Crippen LogP contribution in [0, 0.1) is 11.8 Å². The van der Waals surface area contributed by atoms with Crippen LogP contribution in [0.3, 0.4) is 0 Å². The second-order valence-electron chi connectivity index (χ2n) is 25.2. The molecule has 0 radical (unpaired) electrons. The summed E-state index contributed by atoms with van der Waals surface area (Å²) in [6.45, 7) is 23.8. The summed E-state index contributed by atoms with van der Waals surface area (Å²) in [5.41, 5.74) is 0. The summed E-state index contributed by atoms with van der Waals surface area (Å²) in [6.07, 6.45) is 20.7. The second kappa shape index (κ2) is 57.8. The Balaban J connectivity index is 2.48. The number of rotatable bonds is 62. The van der Waals surface area contributed by atoms with Crippen LogP contribution in [0.2, 0.25) is 0 Å². The lowest BCUT2D eigenvalue weighted by Crippen LogP contribution is -2.47. The van der Waals surface area contributed by atoms with E-state index in [1.165, 1.54) is 0 Å². The van der Waals surface area contributed by atoms with Crippen molar-refractivity contribution in [1.82, 2.24) is 19.6 Å². The lowest BCUT2D eigenvalue weighted by molar-refractivity contribution is -0.145. The summed E-state index contributed by atoms with van der Waals surface area (Å²) in [6, 6.07) is 0. The van der Waals surface area contributed by atoms with E-state index in [1.807, 2.05) is 21.6 Å². The maximum absolute atomic E-state index is 12.2. The standard InChI is InChI=1S/C67H128N4O14S2/c1-7-9-45-82-64(77)31-17-13-11-15-26-59(73)54-71(55-60(74)27-16-12-14-18-32-65(78)83-46-10-8-2)38-25-30-63(56-72)81-49-43-68-39-41-69(42-40-68)44-51-87-86-50-24-23-37-70(52-61(75)28-19-21-33-66(79)84-47-35-57(3)4)53-62(76)29-20-22-34-67(80)85-48-36-58(5)6/h56-63,73-76H,7-55H2,1-6H3. The van der Waals surface area contributed by atoms with E-state index >= 15 is 0 Å². The van der Waals surface area contributed by atoms with E-state index in [-0.39, 0.29) is 23.9 Å². The number of carbonyl (C=O) groups excluding carboxylic acids is 5. The lowest BCUT2D eigenvalue weighted by Gasteiger charge is -2.34. The van der Waals surface area contributed by atoms with E-state index in [0.717, 1.165) is 179 Å². The van der Waals surface area contributed by atoms with Gasteiger partial charge in [-0.25, -0.2) is 0 Å². The van der Waals surface area contributed by atoms with Gasteiger partial charge in [0, 0.05) is 103 Å². The van der Waals surface area contributed by atoms with Gasteiger partial charge in [-0.2, -0.15) is 0 Å². The Hall–Kier alpha value is -2.11. The largest absolute Gasteiger partial charge is 0.466 e. The van der Waals surface area contributed by atoms with Gasteiger partial charge in [0.25, 0.3) is 0 Å². The van der Waals surface area contributed by atoms with Crippen LogP contribution in [0.1, 0.15) is 234 Å². The maximum atomic E-state index is 12.2. The number of aliphatic hydroxyl groups excluding tert-OH is 4. The van der Waals surface area contributed by atoms with E-state index in [1.54, 1.807) is 0 Å². The first-order chi connectivity index (χ1) is 42.0. The van der Waals surface area contributed by atoms with Crippen LogP contribution in [-0.4, -0.2) is 224 Å². The van der Waals surface area contributed by atoms with Crippen molar-refractivity contribution in [2.24, 2.45) is 11.8 Å². The fourth-order valence-electron chi connectivity index (χ4n) is 10.2. The van der Waals surface area contributed by atoms with Gasteiger partial charge in [-0.1, -0.05) is 127 Å². The molecule has 1 fully saturated rings. The molecule has 0 spiro atoms. The zero-order valence-electron chi connectivity index (χ0n) is 55.7. The van der Waals surface area contributed by atoms with Gasteiger partial charge in [0.1, 0.15) is 12.4 Å². The first-order valence-corrected chi connectivity index (χ1v) is 37.1. The number of ether oxygens (including phenoxy) is 5. The Morgan fingerprint density at radius 3 is 1.21 bits per heavy atom. The molecular weight excluding hydrogens is 1150 g/mol. The predicted octanol–water partition coefficient (Wildman–Crippen LogP) is 10.8. The molecule has 512 valence electrons. The molecule has 0 bridgehead atoms. The fourth-order valence-corrected chi connectivity index (χ4v) is 12.4. The molecule has 1 aliphatic rings. The molecule has 18 nitrogen and oxygen atoms in total. The molecule has 1 aliphatic heterocycles. The number of aldehydes is 1. The first kappa shape index (κ1) is 82.9. The molecule has 1 heterocycles. The summed E-state index contributed by atoms with van der Waals surface area (Å²) < 4.78 is 27.3. The maximum Gasteiger partial charge on any atom is 0.305 e. The highest BCUT2D eigenvalue weighted by molar-refractivity contribution is 8.76. The van der Waals surface area contributed by atoms with Crippen molar-refractivity contribution in [2.45, 2.75) is 265 Å². The van der Waals surface area contributed by atoms with E-state index in [0.29, 0.717) is 155 Å². The van der Waals surface area contributed by atoms with Gasteiger partial charge < -0.3 is 48.9 Å². The van der Waals surface area contributed by atoms with E-state index in [9.17, 15) is 44.4 Å². The van der Waals surface area contributed by atoms with Gasteiger partial charge in [0.2, 0.25) is 0 Å². The summed E-state index contributed by atoms with van der Waals surface area (Å²) in [5, 5.41) is 44.2. The molecular formula is C67H128N4O14S2. The van der Waals surface area contributed by atoms with E-state index < -0.39 is 30.5 Å². The molecule has 5 unspecified atom stereocenters. The van der Waals surface area contributed by atoms with Gasteiger partial charge in [0.15, 0.2) is 0 Å². The monoisotopic (exact) mass is 1280 g/mol. The average Bonchev–Trinajstić information content (AvgIpc) is 3.51.